The first-order valence-electron chi connectivity index (χ1n) is 6.54. The summed E-state index contributed by atoms with van der Waals surface area (Å²) in [4.78, 5) is 2.08. The third-order valence-corrected chi connectivity index (χ3v) is 3.55. The largest absolute Gasteiger partial charge is 0.464 e. The van der Waals surface area contributed by atoms with Gasteiger partial charge in [0, 0.05) is 12.3 Å². The van der Waals surface area contributed by atoms with E-state index in [1.54, 1.807) is 11.8 Å². The standard InChI is InChI=1S/C13H24N4O2S/c1-14-13(8-16-18)15-6-7-20-10-12-5-4-11(19-12)9-17(2)3/h4-5,8,13-15,18H,6-7,9-10H2,1-3H3/b16-8+. The number of hydrogen-bond acceptors (Lipinski definition) is 7. The number of oxime groups is 1. The number of hydrogen-bond donors (Lipinski definition) is 3. The summed E-state index contributed by atoms with van der Waals surface area (Å²) in [6.45, 7) is 1.66. The zero-order valence-corrected chi connectivity index (χ0v) is 13.1. The average molecular weight is 300 g/mol. The van der Waals surface area contributed by atoms with E-state index < -0.39 is 0 Å². The van der Waals surface area contributed by atoms with Crippen LogP contribution in [0.15, 0.2) is 21.7 Å². The third kappa shape index (κ3) is 6.95. The highest BCUT2D eigenvalue weighted by molar-refractivity contribution is 7.98. The topological polar surface area (TPSA) is 73.0 Å². The molecule has 0 fully saturated rings. The molecule has 1 aromatic rings. The lowest BCUT2D eigenvalue weighted by Gasteiger charge is -2.11. The predicted molar refractivity (Wildman–Crippen MR) is 83.4 cm³/mol. The molecule has 0 bridgehead atoms. The van der Waals surface area contributed by atoms with Crippen molar-refractivity contribution < 1.29 is 9.62 Å². The lowest BCUT2D eigenvalue weighted by Crippen LogP contribution is -2.42. The van der Waals surface area contributed by atoms with Crippen molar-refractivity contribution in [2.24, 2.45) is 5.16 Å². The Labute approximate surface area is 124 Å². The van der Waals surface area contributed by atoms with Gasteiger partial charge in [-0.15, -0.1) is 0 Å². The molecule has 0 radical (unpaired) electrons. The fourth-order valence-corrected chi connectivity index (χ4v) is 2.41. The predicted octanol–water partition coefficient (Wildman–Crippen LogP) is 1.17. The maximum Gasteiger partial charge on any atom is 0.118 e. The first-order valence-corrected chi connectivity index (χ1v) is 7.69. The first kappa shape index (κ1) is 17.0. The van der Waals surface area contributed by atoms with Gasteiger partial charge in [-0.3, -0.25) is 5.32 Å². The van der Waals surface area contributed by atoms with E-state index in [1.165, 1.54) is 6.21 Å². The molecule has 1 heterocycles. The van der Waals surface area contributed by atoms with Gasteiger partial charge in [-0.25, -0.2) is 0 Å². The molecule has 6 nitrogen and oxygen atoms in total. The Balaban J connectivity index is 2.16. The van der Waals surface area contributed by atoms with Crippen molar-refractivity contribution in [1.82, 2.24) is 15.5 Å². The van der Waals surface area contributed by atoms with Crippen LogP contribution in [0.5, 0.6) is 0 Å². The number of rotatable bonds is 10. The summed E-state index contributed by atoms with van der Waals surface area (Å²) >= 11 is 1.80. The molecule has 1 aromatic heterocycles. The van der Waals surface area contributed by atoms with Crippen LogP contribution >= 0.6 is 11.8 Å². The van der Waals surface area contributed by atoms with E-state index in [0.29, 0.717) is 0 Å². The highest BCUT2D eigenvalue weighted by Gasteiger charge is 2.04. The minimum absolute atomic E-state index is 0.101. The normalized spacial score (nSPS) is 13.4. The Morgan fingerprint density at radius 1 is 1.45 bits per heavy atom. The smallest absolute Gasteiger partial charge is 0.118 e. The molecule has 0 aliphatic rings. The Morgan fingerprint density at radius 3 is 2.85 bits per heavy atom. The molecule has 0 amide bonds. The number of thioether (sulfide) groups is 1. The second-order valence-electron chi connectivity index (χ2n) is 4.64. The van der Waals surface area contributed by atoms with Gasteiger partial charge in [-0.1, -0.05) is 5.16 Å². The quantitative estimate of drug-likeness (QED) is 0.198. The third-order valence-electron chi connectivity index (χ3n) is 2.57. The van der Waals surface area contributed by atoms with Crippen molar-refractivity contribution >= 4 is 18.0 Å². The molecule has 0 saturated carbocycles. The van der Waals surface area contributed by atoms with E-state index in [9.17, 15) is 0 Å². The van der Waals surface area contributed by atoms with Crippen molar-refractivity contribution in [2.45, 2.75) is 18.5 Å². The van der Waals surface area contributed by atoms with Crippen molar-refractivity contribution in [3.63, 3.8) is 0 Å². The van der Waals surface area contributed by atoms with Crippen LogP contribution in [-0.4, -0.2) is 55.9 Å². The van der Waals surface area contributed by atoms with Crippen LogP contribution in [0.25, 0.3) is 0 Å². The van der Waals surface area contributed by atoms with Crippen LogP contribution in [0.2, 0.25) is 0 Å². The fourth-order valence-electron chi connectivity index (χ4n) is 1.65. The first-order chi connectivity index (χ1) is 9.65. The van der Waals surface area contributed by atoms with E-state index in [0.717, 1.165) is 36.1 Å². The molecular formula is C13H24N4O2S. The summed E-state index contributed by atoms with van der Waals surface area (Å²) in [5, 5.41) is 17.6. The zero-order valence-electron chi connectivity index (χ0n) is 12.3. The van der Waals surface area contributed by atoms with Crippen LogP contribution in [0.1, 0.15) is 11.5 Å². The molecule has 1 atom stereocenters. The summed E-state index contributed by atoms with van der Waals surface area (Å²) in [6, 6.07) is 4.07. The van der Waals surface area contributed by atoms with Crippen LogP contribution in [-0.2, 0) is 12.3 Å². The van der Waals surface area contributed by atoms with Crippen molar-refractivity contribution in [1.29, 1.82) is 0 Å². The van der Waals surface area contributed by atoms with E-state index in [-0.39, 0.29) is 6.17 Å². The summed E-state index contributed by atoms with van der Waals surface area (Å²) < 4.78 is 5.73. The van der Waals surface area contributed by atoms with Crippen molar-refractivity contribution in [3.05, 3.63) is 23.7 Å². The van der Waals surface area contributed by atoms with E-state index >= 15 is 0 Å². The Kier molecular flexibility index (Phi) is 8.36. The average Bonchev–Trinajstić information content (AvgIpc) is 2.83. The second-order valence-corrected chi connectivity index (χ2v) is 5.75. The Hall–Kier alpha value is -1.02. The molecule has 0 saturated heterocycles. The summed E-state index contributed by atoms with van der Waals surface area (Å²) in [5.74, 6) is 3.83. The maximum atomic E-state index is 8.45. The van der Waals surface area contributed by atoms with Gasteiger partial charge in [0.2, 0.25) is 0 Å². The van der Waals surface area contributed by atoms with Gasteiger partial charge >= 0.3 is 0 Å². The van der Waals surface area contributed by atoms with Crippen LogP contribution in [0.3, 0.4) is 0 Å². The Morgan fingerprint density at radius 2 is 2.20 bits per heavy atom. The number of furan rings is 1. The molecule has 20 heavy (non-hydrogen) atoms. The van der Waals surface area contributed by atoms with E-state index in [4.69, 9.17) is 9.62 Å². The highest BCUT2D eigenvalue weighted by atomic mass is 32.2. The van der Waals surface area contributed by atoms with Gasteiger partial charge in [-0.05, 0) is 33.3 Å². The summed E-state index contributed by atoms with van der Waals surface area (Å²) in [5.41, 5.74) is 0. The second kappa shape index (κ2) is 9.82. The molecule has 114 valence electrons. The van der Waals surface area contributed by atoms with E-state index in [1.807, 2.05) is 33.3 Å². The van der Waals surface area contributed by atoms with Crippen LogP contribution < -0.4 is 10.6 Å². The fraction of sp³-hybridized carbons (Fsp3) is 0.615. The Bertz CT molecular complexity index is 395. The number of nitrogens with one attached hydrogen (secondary N) is 2. The summed E-state index contributed by atoms with van der Waals surface area (Å²) in [7, 11) is 5.86. The monoisotopic (exact) mass is 300 g/mol. The molecular weight excluding hydrogens is 276 g/mol. The molecule has 0 aliphatic carbocycles. The van der Waals surface area contributed by atoms with Crippen molar-refractivity contribution in [3.8, 4) is 0 Å². The van der Waals surface area contributed by atoms with Gasteiger partial charge < -0.3 is 19.8 Å². The maximum absolute atomic E-state index is 8.45. The zero-order chi connectivity index (χ0) is 14.8. The lowest BCUT2D eigenvalue weighted by molar-refractivity contribution is 0.318. The van der Waals surface area contributed by atoms with E-state index in [2.05, 4.69) is 20.7 Å². The molecule has 7 heteroatoms. The van der Waals surface area contributed by atoms with Gasteiger partial charge in [-0.2, -0.15) is 11.8 Å². The highest BCUT2D eigenvalue weighted by Crippen LogP contribution is 2.15. The van der Waals surface area contributed by atoms with Crippen molar-refractivity contribution in [2.75, 3.05) is 33.4 Å². The minimum Gasteiger partial charge on any atom is -0.464 e. The van der Waals surface area contributed by atoms with Crippen LogP contribution in [0, 0.1) is 0 Å². The molecule has 3 N–H and O–H groups in total. The molecule has 1 rings (SSSR count). The number of nitrogens with zero attached hydrogens (tertiary/aromatic N) is 2. The van der Waals surface area contributed by atoms with Crippen LogP contribution in [0.4, 0.5) is 0 Å². The minimum atomic E-state index is -0.101. The molecule has 1 unspecified atom stereocenters. The van der Waals surface area contributed by atoms with Gasteiger partial charge in [0.1, 0.15) is 11.5 Å². The summed E-state index contributed by atoms with van der Waals surface area (Å²) in [6.07, 6.45) is 1.32. The SMILES string of the molecule is CNC(/C=N/O)NCCSCc1ccc(CN(C)C)o1. The molecule has 0 aliphatic heterocycles. The van der Waals surface area contributed by atoms with Gasteiger partial charge in [0.15, 0.2) is 0 Å². The molecule has 0 aromatic carbocycles. The molecule has 0 spiro atoms. The van der Waals surface area contributed by atoms with Gasteiger partial charge in [0.25, 0.3) is 0 Å². The lowest BCUT2D eigenvalue weighted by atomic mass is 10.4. The van der Waals surface area contributed by atoms with Gasteiger partial charge in [0.05, 0.1) is 24.7 Å².